The van der Waals surface area contributed by atoms with Gasteiger partial charge in [0.15, 0.2) is 6.29 Å². The molecule has 0 aromatic rings. The summed E-state index contributed by atoms with van der Waals surface area (Å²) in [6.45, 7) is 13.2. The van der Waals surface area contributed by atoms with Gasteiger partial charge >= 0.3 is 0 Å². The second-order valence-corrected chi connectivity index (χ2v) is 14.3. The average molecular weight is 331 g/mol. The number of aliphatic hydroxyl groups excluding tert-OH is 1. The molecule has 5 heteroatoms. The van der Waals surface area contributed by atoms with Crippen LogP contribution in [0.3, 0.4) is 0 Å². The zero-order chi connectivity index (χ0) is 16.4. The van der Waals surface area contributed by atoms with E-state index in [9.17, 15) is 5.11 Å². The van der Waals surface area contributed by atoms with Gasteiger partial charge in [-0.2, -0.15) is 0 Å². The molecule has 130 valence electrons. The van der Waals surface area contributed by atoms with E-state index >= 15 is 0 Å². The molecular weight excluding hydrogens is 296 g/mol. The standard InChI is InChI=1S/C17H34O4Si/c1-16-8-6-9-17(2,21-15(16)18)14(16)7-10-19-13-20-11-12-22(3,4)5/h14-15,18H,6-13H2,1-5H3/t14-,15?,16+,17-/m1/s1. The van der Waals surface area contributed by atoms with E-state index < -0.39 is 14.4 Å². The van der Waals surface area contributed by atoms with E-state index in [0.29, 0.717) is 19.3 Å². The predicted octanol–water partition coefficient (Wildman–Crippen LogP) is 3.62. The molecule has 2 aliphatic rings. The molecule has 0 amide bonds. The molecular formula is C17H34O4Si. The Morgan fingerprint density at radius 1 is 1.14 bits per heavy atom. The van der Waals surface area contributed by atoms with Crippen LogP contribution in [0.2, 0.25) is 25.7 Å². The van der Waals surface area contributed by atoms with Gasteiger partial charge in [0.1, 0.15) is 6.79 Å². The molecule has 1 aliphatic carbocycles. The Balaban J connectivity index is 1.69. The third-order valence-corrected chi connectivity index (χ3v) is 7.28. The lowest BCUT2D eigenvalue weighted by Crippen LogP contribution is -2.43. The number of hydrogen-bond acceptors (Lipinski definition) is 4. The third-order valence-electron chi connectivity index (χ3n) is 5.58. The molecule has 1 heterocycles. The highest BCUT2D eigenvalue weighted by atomic mass is 28.3. The van der Waals surface area contributed by atoms with Gasteiger partial charge in [0.25, 0.3) is 0 Å². The minimum atomic E-state index is -1.01. The summed E-state index contributed by atoms with van der Waals surface area (Å²) in [6.07, 6.45) is 3.53. The van der Waals surface area contributed by atoms with Gasteiger partial charge in [0, 0.05) is 32.6 Å². The lowest BCUT2D eigenvalue weighted by Gasteiger charge is -2.42. The van der Waals surface area contributed by atoms with Crippen LogP contribution in [-0.2, 0) is 14.2 Å². The lowest BCUT2D eigenvalue weighted by molar-refractivity contribution is -0.151. The third kappa shape index (κ3) is 4.12. The van der Waals surface area contributed by atoms with Gasteiger partial charge in [-0.15, -0.1) is 0 Å². The predicted molar refractivity (Wildman–Crippen MR) is 90.5 cm³/mol. The molecule has 0 radical (unpaired) electrons. The van der Waals surface area contributed by atoms with Crippen LogP contribution in [0, 0.1) is 11.3 Å². The topological polar surface area (TPSA) is 47.9 Å². The van der Waals surface area contributed by atoms with Crippen molar-refractivity contribution in [2.75, 3.05) is 20.0 Å². The van der Waals surface area contributed by atoms with Crippen molar-refractivity contribution in [3.63, 3.8) is 0 Å². The fraction of sp³-hybridized carbons (Fsp3) is 1.00. The average Bonchev–Trinajstić information content (AvgIpc) is 2.49. The van der Waals surface area contributed by atoms with Gasteiger partial charge in [0.2, 0.25) is 0 Å². The van der Waals surface area contributed by atoms with Crippen molar-refractivity contribution in [3.05, 3.63) is 0 Å². The minimum absolute atomic E-state index is 0.116. The Labute approximate surface area is 136 Å². The van der Waals surface area contributed by atoms with Crippen LogP contribution in [0.1, 0.15) is 39.5 Å². The van der Waals surface area contributed by atoms with Crippen LogP contribution in [0.5, 0.6) is 0 Å². The monoisotopic (exact) mass is 330 g/mol. The molecule has 4 atom stereocenters. The van der Waals surface area contributed by atoms with Crippen molar-refractivity contribution in [1.29, 1.82) is 0 Å². The fourth-order valence-electron chi connectivity index (χ4n) is 4.08. The van der Waals surface area contributed by atoms with Crippen molar-refractivity contribution >= 4 is 8.07 Å². The smallest absolute Gasteiger partial charge is 0.161 e. The summed E-state index contributed by atoms with van der Waals surface area (Å²) in [4.78, 5) is 0. The first-order valence-corrected chi connectivity index (χ1v) is 12.4. The molecule has 4 nitrogen and oxygen atoms in total. The maximum absolute atomic E-state index is 10.3. The van der Waals surface area contributed by atoms with Crippen LogP contribution in [0.4, 0.5) is 0 Å². The van der Waals surface area contributed by atoms with Gasteiger partial charge in [0.05, 0.1) is 5.60 Å². The minimum Gasteiger partial charge on any atom is -0.367 e. The van der Waals surface area contributed by atoms with E-state index in [1.165, 1.54) is 6.04 Å². The number of fused-ring (bicyclic) bond motifs is 2. The Kier molecular flexibility index (Phi) is 5.76. The highest BCUT2D eigenvalue weighted by Crippen LogP contribution is 2.58. The quantitative estimate of drug-likeness (QED) is 0.419. The fourth-order valence-corrected chi connectivity index (χ4v) is 4.84. The first-order valence-electron chi connectivity index (χ1n) is 8.69. The summed E-state index contributed by atoms with van der Waals surface area (Å²) < 4.78 is 17.1. The van der Waals surface area contributed by atoms with Crippen molar-refractivity contribution in [1.82, 2.24) is 0 Å². The first-order chi connectivity index (χ1) is 10.2. The summed E-state index contributed by atoms with van der Waals surface area (Å²) in [6, 6.07) is 1.18. The first kappa shape index (κ1) is 18.4. The van der Waals surface area contributed by atoms with Crippen LogP contribution in [0.15, 0.2) is 0 Å². The van der Waals surface area contributed by atoms with E-state index in [1.807, 2.05) is 0 Å². The highest BCUT2D eigenvalue weighted by Gasteiger charge is 2.60. The van der Waals surface area contributed by atoms with E-state index in [0.717, 1.165) is 32.3 Å². The maximum atomic E-state index is 10.3. The molecule has 2 fully saturated rings. The summed E-state index contributed by atoms with van der Waals surface area (Å²) in [5.41, 5.74) is -0.302. The Hall–Kier alpha value is 0.0569. The Morgan fingerprint density at radius 3 is 2.45 bits per heavy atom. The van der Waals surface area contributed by atoms with E-state index in [-0.39, 0.29) is 11.0 Å². The molecule has 1 N–H and O–H groups in total. The summed E-state index contributed by atoms with van der Waals surface area (Å²) >= 11 is 0. The second kappa shape index (κ2) is 6.89. The number of rotatable bonds is 8. The zero-order valence-electron chi connectivity index (χ0n) is 15.0. The van der Waals surface area contributed by atoms with Crippen molar-refractivity contribution in [3.8, 4) is 0 Å². The van der Waals surface area contributed by atoms with Crippen molar-refractivity contribution in [2.45, 2.75) is 77.1 Å². The summed E-state index contributed by atoms with van der Waals surface area (Å²) in [5, 5.41) is 10.3. The summed E-state index contributed by atoms with van der Waals surface area (Å²) in [5.74, 6) is 0.366. The molecule has 1 saturated heterocycles. The van der Waals surface area contributed by atoms with Gasteiger partial charge in [-0.05, 0) is 38.7 Å². The maximum Gasteiger partial charge on any atom is 0.161 e. The molecule has 0 aromatic carbocycles. The van der Waals surface area contributed by atoms with Crippen LogP contribution in [-0.4, -0.2) is 45.1 Å². The van der Waals surface area contributed by atoms with Crippen LogP contribution < -0.4 is 0 Å². The molecule has 1 saturated carbocycles. The number of aliphatic hydroxyl groups is 1. The van der Waals surface area contributed by atoms with E-state index in [2.05, 4.69) is 33.5 Å². The molecule has 1 unspecified atom stereocenters. The van der Waals surface area contributed by atoms with E-state index in [4.69, 9.17) is 14.2 Å². The van der Waals surface area contributed by atoms with Crippen LogP contribution >= 0.6 is 0 Å². The normalized spacial score (nSPS) is 38.5. The second-order valence-electron chi connectivity index (χ2n) is 8.73. The Bertz CT molecular complexity index is 370. The Morgan fingerprint density at radius 2 is 1.82 bits per heavy atom. The number of ether oxygens (including phenoxy) is 3. The molecule has 0 aromatic heterocycles. The number of hydrogen-bond donors (Lipinski definition) is 1. The molecule has 22 heavy (non-hydrogen) atoms. The van der Waals surface area contributed by atoms with Crippen molar-refractivity contribution in [2.24, 2.45) is 11.3 Å². The van der Waals surface area contributed by atoms with Gasteiger partial charge in [-0.25, -0.2) is 0 Å². The van der Waals surface area contributed by atoms with Crippen LogP contribution in [0.25, 0.3) is 0 Å². The molecule has 1 aliphatic heterocycles. The van der Waals surface area contributed by atoms with Gasteiger partial charge in [-0.1, -0.05) is 26.6 Å². The van der Waals surface area contributed by atoms with E-state index in [1.54, 1.807) is 0 Å². The van der Waals surface area contributed by atoms with Gasteiger partial charge in [-0.3, -0.25) is 0 Å². The highest BCUT2D eigenvalue weighted by molar-refractivity contribution is 6.76. The van der Waals surface area contributed by atoms with Gasteiger partial charge < -0.3 is 19.3 Å². The SMILES string of the molecule is C[C@]12CCC[C@](C)(C(O)O1)[C@H]2CCOCOCC[Si](C)(C)C. The lowest BCUT2D eigenvalue weighted by atomic mass is 9.62. The zero-order valence-corrected chi connectivity index (χ0v) is 16.0. The molecule has 2 rings (SSSR count). The molecule has 2 bridgehead atoms. The summed E-state index contributed by atoms with van der Waals surface area (Å²) in [7, 11) is -1.01. The van der Waals surface area contributed by atoms with Crippen molar-refractivity contribution < 1.29 is 19.3 Å². The largest absolute Gasteiger partial charge is 0.367 e. The molecule has 0 spiro atoms.